The van der Waals surface area contributed by atoms with Crippen molar-refractivity contribution in [3.05, 3.63) is 52.0 Å². The maximum Gasteiger partial charge on any atom is 0.115 e. The number of aliphatic hydroxyl groups is 1. The van der Waals surface area contributed by atoms with Crippen molar-refractivity contribution in [2.24, 2.45) is 0 Å². The third kappa shape index (κ3) is 3.03. The lowest BCUT2D eigenvalue weighted by Gasteiger charge is -2.13. The summed E-state index contributed by atoms with van der Waals surface area (Å²) in [6, 6.07) is 10.1. The van der Waals surface area contributed by atoms with Gasteiger partial charge in [-0.1, -0.05) is 42.3 Å². The highest BCUT2D eigenvalue weighted by Crippen LogP contribution is 2.38. The monoisotopic (exact) mass is 296 g/mol. The van der Waals surface area contributed by atoms with Crippen LogP contribution in [0, 0.1) is 0 Å². The van der Waals surface area contributed by atoms with Crippen molar-refractivity contribution in [2.45, 2.75) is 19.4 Å². The molecule has 19 heavy (non-hydrogen) atoms. The van der Waals surface area contributed by atoms with Crippen LogP contribution in [0.25, 0.3) is 11.1 Å². The smallest absolute Gasteiger partial charge is 0.115 e. The van der Waals surface area contributed by atoms with E-state index < -0.39 is 6.10 Å². The number of benzene rings is 2. The van der Waals surface area contributed by atoms with Gasteiger partial charge in [0.05, 0.1) is 16.1 Å². The maximum absolute atomic E-state index is 9.83. The zero-order valence-corrected chi connectivity index (χ0v) is 11.9. The Morgan fingerprint density at radius 3 is 2.05 bits per heavy atom. The van der Waals surface area contributed by atoms with Gasteiger partial charge in [-0.15, -0.1) is 0 Å². The predicted octanol–water partition coefficient (Wildman–Crippen LogP) is 4.81. The van der Waals surface area contributed by atoms with Gasteiger partial charge in [-0.3, -0.25) is 0 Å². The lowest BCUT2D eigenvalue weighted by atomic mass is 10.0. The first-order valence-corrected chi connectivity index (χ1v) is 6.75. The van der Waals surface area contributed by atoms with Crippen LogP contribution in [-0.2, 0) is 0 Å². The second kappa shape index (κ2) is 5.83. The molecule has 0 saturated carbocycles. The van der Waals surface area contributed by atoms with Crippen molar-refractivity contribution >= 4 is 23.2 Å². The van der Waals surface area contributed by atoms with Crippen LogP contribution in [0.1, 0.15) is 25.0 Å². The molecule has 0 spiro atoms. The number of halogens is 2. The van der Waals surface area contributed by atoms with E-state index in [1.165, 1.54) is 0 Å². The van der Waals surface area contributed by atoms with E-state index in [1.807, 2.05) is 6.92 Å². The van der Waals surface area contributed by atoms with E-state index in [0.29, 0.717) is 27.6 Å². The van der Waals surface area contributed by atoms with Crippen LogP contribution in [0.3, 0.4) is 0 Å². The zero-order chi connectivity index (χ0) is 14.0. The molecule has 0 saturated heterocycles. The number of phenols is 1. The largest absolute Gasteiger partial charge is 0.508 e. The first-order chi connectivity index (χ1) is 9.02. The molecule has 2 rings (SSSR count). The Kier molecular flexibility index (Phi) is 4.35. The van der Waals surface area contributed by atoms with Crippen LogP contribution < -0.4 is 0 Å². The van der Waals surface area contributed by atoms with E-state index in [4.69, 9.17) is 23.2 Å². The van der Waals surface area contributed by atoms with Gasteiger partial charge in [0.1, 0.15) is 5.75 Å². The van der Waals surface area contributed by atoms with Crippen LogP contribution in [0.15, 0.2) is 36.4 Å². The summed E-state index contributed by atoms with van der Waals surface area (Å²) < 4.78 is 0. The highest BCUT2D eigenvalue weighted by atomic mass is 35.5. The molecule has 0 aromatic heterocycles. The summed E-state index contributed by atoms with van der Waals surface area (Å²) >= 11 is 12.5. The molecule has 2 aromatic rings. The first-order valence-electron chi connectivity index (χ1n) is 5.99. The van der Waals surface area contributed by atoms with E-state index in [-0.39, 0.29) is 5.75 Å². The van der Waals surface area contributed by atoms with Crippen LogP contribution in [0.2, 0.25) is 10.0 Å². The maximum atomic E-state index is 9.83. The fourth-order valence-electron chi connectivity index (χ4n) is 1.92. The Balaban J connectivity index is 2.50. The van der Waals surface area contributed by atoms with E-state index >= 15 is 0 Å². The summed E-state index contributed by atoms with van der Waals surface area (Å²) in [4.78, 5) is 0. The standard InChI is InChI=1S/C15H14Cl2O2/c1-2-14(19)10-7-12(16)15(13(17)8-10)9-3-5-11(18)6-4-9/h3-8,14,18-19H,2H2,1H3. The molecule has 1 unspecified atom stereocenters. The normalized spacial score (nSPS) is 12.4. The minimum absolute atomic E-state index is 0.189. The molecule has 0 aliphatic carbocycles. The van der Waals surface area contributed by atoms with Crippen molar-refractivity contribution < 1.29 is 10.2 Å². The van der Waals surface area contributed by atoms with Gasteiger partial charge in [-0.25, -0.2) is 0 Å². The topological polar surface area (TPSA) is 40.5 Å². The van der Waals surface area contributed by atoms with Crippen molar-refractivity contribution in [3.8, 4) is 16.9 Å². The third-order valence-electron chi connectivity index (χ3n) is 2.99. The van der Waals surface area contributed by atoms with Gasteiger partial charge in [0.15, 0.2) is 0 Å². The number of rotatable bonds is 3. The molecule has 1 atom stereocenters. The molecule has 0 heterocycles. The summed E-state index contributed by atoms with van der Waals surface area (Å²) in [6.07, 6.45) is 0.0365. The van der Waals surface area contributed by atoms with Crippen molar-refractivity contribution in [1.82, 2.24) is 0 Å². The number of aliphatic hydroxyl groups excluding tert-OH is 1. The molecule has 2 nitrogen and oxygen atoms in total. The Morgan fingerprint density at radius 1 is 1.05 bits per heavy atom. The average Bonchev–Trinajstić information content (AvgIpc) is 2.39. The fraction of sp³-hybridized carbons (Fsp3) is 0.200. The van der Waals surface area contributed by atoms with E-state index in [1.54, 1.807) is 36.4 Å². The molecule has 4 heteroatoms. The molecule has 0 bridgehead atoms. The summed E-state index contributed by atoms with van der Waals surface area (Å²) in [5, 5.41) is 20.1. The molecule has 0 fully saturated rings. The van der Waals surface area contributed by atoms with Crippen LogP contribution in [0.4, 0.5) is 0 Å². The first kappa shape index (κ1) is 14.2. The summed E-state index contributed by atoms with van der Waals surface area (Å²) in [5.74, 6) is 0.189. The highest BCUT2D eigenvalue weighted by molar-refractivity contribution is 6.39. The molecule has 0 amide bonds. The van der Waals surface area contributed by atoms with Gasteiger partial charge in [0.2, 0.25) is 0 Å². The highest BCUT2D eigenvalue weighted by Gasteiger charge is 2.14. The van der Waals surface area contributed by atoms with E-state index in [0.717, 1.165) is 5.56 Å². The van der Waals surface area contributed by atoms with Gasteiger partial charge < -0.3 is 10.2 Å². The Bertz CT molecular complexity index is 556. The van der Waals surface area contributed by atoms with Gasteiger partial charge >= 0.3 is 0 Å². The van der Waals surface area contributed by atoms with Crippen molar-refractivity contribution in [1.29, 1.82) is 0 Å². The Hall–Kier alpha value is -1.22. The molecule has 0 aliphatic heterocycles. The van der Waals surface area contributed by atoms with Crippen molar-refractivity contribution in [2.75, 3.05) is 0 Å². The van der Waals surface area contributed by atoms with Gasteiger partial charge in [0.25, 0.3) is 0 Å². The van der Waals surface area contributed by atoms with Gasteiger partial charge in [-0.2, -0.15) is 0 Å². The third-order valence-corrected chi connectivity index (χ3v) is 3.59. The van der Waals surface area contributed by atoms with Crippen LogP contribution >= 0.6 is 23.2 Å². The summed E-state index contributed by atoms with van der Waals surface area (Å²) in [6.45, 7) is 1.89. The molecule has 0 radical (unpaired) electrons. The van der Waals surface area contributed by atoms with Gasteiger partial charge in [-0.05, 0) is 41.8 Å². The second-order valence-electron chi connectivity index (χ2n) is 4.33. The number of phenolic OH excluding ortho intramolecular Hbond substituents is 1. The molecule has 2 aromatic carbocycles. The lowest BCUT2D eigenvalue weighted by Crippen LogP contribution is -1.96. The second-order valence-corrected chi connectivity index (χ2v) is 5.14. The Morgan fingerprint density at radius 2 is 1.58 bits per heavy atom. The van der Waals surface area contributed by atoms with E-state index in [9.17, 15) is 10.2 Å². The van der Waals surface area contributed by atoms with Gasteiger partial charge in [0, 0.05) is 5.56 Å². The molecular weight excluding hydrogens is 283 g/mol. The lowest BCUT2D eigenvalue weighted by molar-refractivity contribution is 0.173. The fourth-order valence-corrected chi connectivity index (χ4v) is 2.65. The molecule has 2 N–H and O–H groups in total. The number of hydrogen-bond donors (Lipinski definition) is 2. The Labute approximate surface area is 122 Å². The number of hydrogen-bond acceptors (Lipinski definition) is 2. The molecule has 0 aliphatic rings. The summed E-state index contributed by atoms with van der Waals surface area (Å²) in [7, 11) is 0. The SMILES string of the molecule is CCC(O)c1cc(Cl)c(-c2ccc(O)cc2)c(Cl)c1. The quantitative estimate of drug-likeness (QED) is 0.853. The number of aromatic hydroxyl groups is 1. The minimum atomic E-state index is -0.566. The predicted molar refractivity (Wildman–Crippen MR) is 78.8 cm³/mol. The van der Waals surface area contributed by atoms with E-state index in [2.05, 4.69) is 0 Å². The molecule has 100 valence electrons. The summed E-state index contributed by atoms with van der Waals surface area (Å²) in [5.41, 5.74) is 2.24. The van der Waals surface area contributed by atoms with Crippen LogP contribution in [0.5, 0.6) is 5.75 Å². The van der Waals surface area contributed by atoms with Crippen LogP contribution in [-0.4, -0.2) is 10.2 Å². The minimum Gasteiger partial charge on any atom is -0.508 e. The van der Waals surface area contributed by atoms with Crippen molar-refractivity contribution in [3.63, 3.8) is 0 Å². The zero-order valence-electron chi connectivity index (χ0n) is 10.4. The average molecular weight is 297 g/mol. The molecular formula is C15H14Cl2O2.